The maximum absolute atomic E-state index is 12.2. The molecule has 4 nitrogen and oxygen atoms in total. The fraction of sp³-hybridized carbons (Fsp3) is 0.500. The van der Waals surface area contributed by atoms with Crippen molar-refractivity contribution in [3.05, 3.63) is 29.8 Å². The molecule has 1 saturated heterocycles. The Morgan fingerprint density at radius 3 is 2.41 bits per heavy atom. The number of ether oxygens (including phenoxy) is 1. The number of carbonyl (C=O) groups is 1. The highest BCUT2D eigenvalue weighted by Crippen LogP contribution is 2.24. The first-order valence-electron chi connectivity index (χ1n) is 6.67. The van der Waals surface area contributed by atoms with E-state index < -0.39 is 6.36 Å². The number of hydrogen-bond acceptors (Lipinski definition) is 3. The van der Waals surface area contributed by atoms with Gasteiger partial charge in [-0.25, -0.2) is 0 Å². The molecule has 0 aliphatic carbocycles. The maximum atomic E-state index is 12.2. The first kappa shape index (κ1) is 18.6. The highest BCUT2D eigenvalue weighted by molar-refractivity contribution is 5.94. The fourth-order valence-corrected chi connectivity index (χ4v) is 2.38. The summed E-state index contributed by atoms with van der Waals surface area (Å²) in [6.45, 7) is 3.10. The van der Waals surface area contributed by atoms with E-state index in [0.29, 0.717) is 18.7 Å². The van der Waals surface area contributed by atoms with Crippen LogP contribution in [0.1, 0.15) is 23.7 Å². The van der Waals surface area contributed by atoms with Gasteiger partial charge in [0.15, 0.2) is 0 Å². The van der Waals surface area contributed by atoms with E-state index in [2.05, 4.69) is 4.74 Å². The van der Waals surface area contributed by atoms with Gasteiger partial charge in [0.05, 0.1) is 0 Å². The van der Waals surface area contributed by atoms with Crippen LogP contribution in [0, 0.1) is 5.92 Å². The van der Waals surface area contributed by atoms with E-state index in [9.17, 15) is 18.0 Å². The van der Waals surface area contributed by atoms with Gasteiger partial charge in [0.25, 0.3) is 5.91 Å². The van der Waals surface area contributed by atoms with Gasteiger partial charge < -0.3 is 15.4 Å². The smallest absolute Gasteiger partial charge is 0.406 e. The summed E-state index contributed by atoms with van der Waals surface area (Å²) < 4.78 is 39.9. The molecule has 124 valence electrons. The Morgan fingerprint density at radius 1 is 1.36 bits per heavy atom. The van der Waals surface area contributed by atoms with Crippen LogP contribution < -0.4 is 10.5 Å². The summed E-state index contributed by atoms with van der Waals surface area (Å²) in [6.07, 6.45) is -3.89. The van der Waals surface area contributed by atoms with Gasteiger partial charge in [-0.1, -0.05) is 0 Å². The highest BCUT2D eigenvalue weighted by Gasteiger charge is 2.31. The molecular formula is C14H18ClF3N2O2. The number of rotatable bonds is 3. The van der Waals surface area contributed by atoms with Gasteiger partial charge in [-0.2, -0.15) is 0 Å². The number of nitrogens with zero attached hydrogens (tertiary/aromatic N) is 1. The standard InChI is InChI=1S/C14H17F3N2O2.ClH/c1-9(18)11-6-7-19(8-11)13(20)10-2-4-12(5-3-10)21-14(15,16)17;/h2-5,9,11H,6-8,18H2,1H3;1H. The molecule has 8 heteroatoms. The van der Waals surface area contributed by atoms with E-state index in [1.807, 2.05) is 6.92 Å². The number of likely N-dealkylation sites (tertiary alicyclic amines) is 1. The van der Waals surface area contributed by atoms with Crippen molar-refractivity contribution >= 4 is 18.3 Å². The minimum atomic E-state index is -4.73. The molecule has 1 aromatic carbocycles. The molecule has 1 aromatic rings. The minimum absolute atomic E-state index is 0. The first-order chi connectivity index (χ1) is 9.76. The number of halogens is 4. The van der Waals surface area contributed by atoms with Crippen LogP contribution in [0.25, 0.3) is 0 Å². The number of hydrogen-bond donors (Lipinski definition) is 1. The molecule has 0 spiro atoms. The van der Waals surface area contributed by atoms with Crippen LogP contribution in [0.3, 0.4) is 0 Å². The lowest BCUT2D eigenvalue weighted by Gasteiger charge is -2.18. The van der Waals surface area contributed by atoms with Gasteiger partial charge in [-0.3, -0.25) is 4.79 Å². The molecule has 1 amide bonds. The Balaban J connectivity index is 0.00000242. The van der Waals surface area contributed by atoms with Gasteiger partial charge in [-0.05, 0) is 43.5 Å². The second-order valence-corrected chi connectivity index (χ2v) is 5.23. The Labute approximate surface area is 132 Å². The van der Waals surface area contributed by atoms with Crippen LogP contribution in [0.15, 0.2) is 24.3 Å². The Morgan fingerprint density at radius 2 is 1.95 bits per heavy atom. The zero-order chi connectivity index (χ0) is 15.6. The average molecular weight is 339 g/mol. The Hall–Kier alpha value is -1.47. The van der Waals surface area contributed by atoms with Crippen molar-refractivity contribution in [3.8, 4) is 5.75 Å². The summed E-state index contributed by atoms with van der Waals surface area (Å²) in [4.78, 5) is 13.9. The molecule has 0 radical (unpaired) electrons. The summed E-state index contributed by atoms with van der Waals surface area (Å²) >= 11 is 0. The SMILES string of the molecule is CC(N)C1CCN(C(=O)c2ccc(OC(F)(F)F)cc2)C1.Cl. The molecule has 1 aliphatic rings. The zero-order valence-electron chi connectivity index (χ0n) is 12.0. The monoisotopic (exact) mass is 338 g/mol. The second-order valence-electron chi connectivity index (χ2n) is 5.23. The number of amides is 1. The number of nitrogens with two attached hydrogens (primary N) is 1. The highest BCUT2D eigenvalue weighted by atomic mass is 35.5. The molecule has 1 heterocycles. The fourth-order valence-electron chi connectivity index (χ4n) is 2.38. The molecule has 2 atom stereocenters. The molecule has 1 fully saturated rings. The molecule has 1 aliphatic heterocycles. The molecule has 22 heavy (non-hydrogen) atoms. The summed E-state index contributed by atoms with van der Waals surface area (Å²) in [5, 5.41) is 0. The second kappa shape index (κ2) is 7.19. The third kappa shape index (κ3) is 4.78. The largest absolute Gasteiger partial charge is 0.573 e. The number of benzene rings is 1. The molecule has 0 saturated carbocycles. The Kier molecular flexibility index (Phi) is 6.08. The van der Waals surface area contributed by atoms with Gasteiger partial charge >= 0.3 is 6.36 Å². The summed E-state index contributed by atoms with van der Waals surface area (Å²) in [5.74, 6) is -0.271. The van der Waals surface area contributed by atoms with Gasteiger partial charge in [0.2, 0.25) is 0 Å². The molecule has 2 unspecified atom stereocenters. The van der Waals surface area contributed by atoms with E-state index >= 15 is 0 Å². The van der Waals surface area contributed by atoms with Crippen molar-refractivity contribution in [2.45, 2.75) is 25.7 Å². The molecule has 2 rings (SSSR count). The van der Waals surface area contributed by atoms with E-state index in [4.69, 9.17) is 5.73 Å². The van der Waals surface area contributed by atoms with Crippen molar-refractivity contribution in [2.75, 3.05) is 13.1 Å². The van der Waals surface area contributed by atoms with Gasteiger partial charge in [-0.15, -0.1) is 25.6 Å². The van der Waals surface area contributed by atoms with Crippen molar-refractivity contribution < 1.29 is 22.7 Å². The lowest BCUT2D eigenvalue weighted by Crippen LogP contribution is -2.33. The third-order valence-corrected chi connectivity index (χ3v) is 3.59. The van der Waals surface area contributed by atoms with Crippen LogP contribution in [-0.4, -0.2) is 36.3 Å². The molecule has 2 N–H and O–H groups in total. The van der Waals surface area contributed by atoms with Crippen LogP contribution >= 0.6 is 12.4 Å². The van der Waals surface area contributed by atoms with E-state index in [0.717, 1.165) is 18.6 Å². The van der Waals surface area contributed by atoms with Gasteiger partial charge in [0, 0.05) is 24.7 Å². The van der Waals surface area contributed by atoms with Crippen molar-refractivity contribution in [1.82, 2.24) is 4.90 Å². The van der Waals surface area contributed by atoms with Crippen molar-refractivity contribution in [2.24, 2.45) is 11.7 Å². The van der Waals surface area contributed by atoms with E-state index in [1.165, 1.54) is 12.1 Å². The molecule has 0 bridgehead atoms. The van der Waals surface area contributed by atoms with E-state index in [-0.39, 0.29) is 36.0 Å². The van der Waals surface area contributed by atoms with Crippen LogP contribution in [0.2, 0.25) is 0 Å². The molecule has 0 aromatic heterocycles. The lowest BCUT2D eigenvalue weighted by molar-refractivity contribution is -0.274. The Bertz CT molecular complexity index is 506. The molecular weight excluding hydrogens is 321 g/mol. The number of carbonyl (C=O) groups excluding carboxylic acids is 1. The van der Waals surface area contributed by atoms with Crippen molar-refractivity contribution in [3.63, 3.8) is 0 Å². The normalized spacial score (nSPS) is 19.5. The van der Waals surface area contributed by atoms with Crippen molar-refractivity contribution in [1.29, 1.82) is 0 Å². The lowest BCUT2D eigenvalue weighted by atomic mass is 10.0. The number of alkyl halides is 3. The summed E-state index contributed by atoms with van der Waals surface area (Å²) in [7, 11) is 0. The van der Waals surface area contributed by atoms with Crippen LogP contribution in [0.4, 0.5) is 13.2 Å². The maximum Gasteiger partial charge on any atom is 0.573 e. The summed E-state index contributed by atoms with van der Waals surface area (Å²) in [6, 6.07) is 4.97. The zero-order valence-corrected chi connectivity index (χ0v) is 12.8. The summed E-state index contributed by atoms with van der Waals surface area (Å²) in [5.41, 5.74) is 6.16. The predicted molar refractivity (Wildman–Crippen MR) is 78.0 cm³/mol. The van der Waals surface area contributed by atoms with Crippen LogP contribution in [-0.2, 0) is 0 Å². The average Bonchev–Trinajstić information content (AvgIpc) is 2.86. The van der Waals surface area contributed by atoms with E-state index in [1.54, 1.807) is 4.90 Å². The third-order valence-electron chi connectivity index (χ3n) is 3.59. The predicted octanol–water partition coefficient (Wildman–Crippen LogP) is 2.82. The minimum Gasteiger partial charge on any atom is -0.406 e. The topological polar surface area (TPSA) is 55.6 Å². The van der Waals surface area contributed by atoms with Crippen LogP contribution in [0.5, 0.6) is 5.75 Å². The quantitative estimate of drug-likeness (QED) is 0.922. The van der Waals surface area contributed by atoms with Gasteiger partial charge in [0.1, 0.15) is 5.75 Å². The first-order valence-corrected chi connectivity index (χ1v) is 6.67.